The number of aromatic nitrogens is 2. The van der Waals surface area contributed by atoms with Gasteiger partial charge in [0.1, 0.15) is 0 Å². The van der Waals surface area contributed by atoms with Crippen molar-refractivity contribution in [3.63, 3.8) is 0 Å². The number of para-hydroxylation sites is 2. The average molecular weight is 260 g/mol. The van der Waals surface area contributed by atoms with E-state index in [0.29, 0.717) is 6.54 Å². The van der Waals surface area contributed by atoms with Gasteiger partial charge < -0.3 is 15.2 Å². The molecule has 0 unspecified atom stereocenters. The van der Waals surface area contributed by atoms with Gasteiger partial charge in [-0.05, 0) is 17.5 Å². The summed E-state index contributed by atoms with van der Waals surface area (Å²) in [7, 11) is 2.10. The third kappa shape index (κ3) is 3.07. The maximum atomic E-state index is 5.74. The fourth-order valence-corrected chi connectivity index (χ4v) is 2.49. The van der Waals surface area contributed by atoms with E-state index in [9.17, 15) is 0 Å². The largest absolute Gasteiger partial charge is 0.345 e. The molecule has 19 heavy (non-hydrogen) atoms. The highest BCUT2D eigenvalue weighted by atomic mass is 15.3. The van der Waals surface area contributed by atoms with Crippen LogP contribution < -0.4 is 10.6 Å². The smallest absolute Gasteiger partial charge is 0.206 e. The van der Waals surface area contributed by atoms with E-state index in [1.807, 2.05) is 12.1 Å². The molecule has 2 aromatic rings. The van der Waals surface area contributed by atoms with Crippen LogP contribution in [0.2, 0.25) is 0 Å². The second-order valence-electron chi connectivity index (χ2n) is 6.26. The van der Waals surface area contributed by atoms with Crippen molar-refractivity contribution in [2.24, 2.45) is 11.1 Å². The van der Waals surface area contributed by atoms with Gasteiger partial charge in [-0.25, -0.2) is 4.98 Å². The van der Waals surface area contributed by atoms with Crippen molar-refractivity contribution in [3.05, 3.63) is 24.3 Å². The number of anilines is 1. The van der Waals surface area contributed by atoms with Crippen LogP contribution in [0, 0.1) is 5.41 Å². The summed E-state index contributed by atoms with van der Waals surface area (Å²) < 4.78 is 2.21. The maximum Gasteiger partial charge on any atom is 0.206 e. The molecule has 0 saturated carbocycles. The lowest BCUT2D eigenvalue weighted by molar-refractivity contribution is 0.414. The molecule has 0 aliphatic heterocycles. The third-order valence-electron chi connectivity index (χ3n) is 3.04. The quantitative estimate of drug-likeness (QED) is 0.918. The van der Waals surface area contributed by atoms with Crippen LogP contribution in [-0.2, 0) is 6.54 Å². The molecular weight excluding hydrogens is 236 g/mol. The van der Waals surface area contributed by atoms with Gasteiger partial charge in [-0.15, -0.1) is 0 Å². The Hall–Kier alpha value is -1.55. The van der Waals surface area contributed by atoms with Crippen LogP contribution in [0.5, 0.6) is 0 Å². The predicted molar refractivity (Wildman–Crippen MR) is 81.5 cm³/mol. The van der Waals surface area contributed by atoms with Crippen LogP contribution in [-0.4, -0.2) is 29.7 Å². The molecule has 4 heteroatoms. The van der Waals surface area contributed by atoms with Crippen molar-refractivity contribution < 1.29 is 0 Å². The van der Waals surface area contributed by atoms with Crippen molar-refractivity contribution in [1.82, 2.24) is 9.55 Å². The van der Waals surface area contributed by atoms with Gasteiger partial charge >= 0.3 is 0 Å². The zero-order valence-corrected chi connectivity index (χ0v) is 12.3. The topological polar surface area (TPSA) is 47.1 Å². The lowest BCUT2D eigenvalue weighted by Gasteiger charge is -2.27. The Labute approximate surface area is 115 Å². The fraction of sp³-hybridized carbons (Fsp3) is 0.533. The molecule has 0 saturated heterocycles. The predicted octanol–water partition coefficient (Wildman–Crippen LogP) is 2.48. The van der Waals surface area contributed by atoms with E-state index in [1.165, 1.54) is 0 Å². The molecule has 1 heterocycles. The minimum Gasteiger partial charge on any atom is -0.345 e. The van der Waals surface area contributed by atoms with Crippen LogP contribution in [0.1, 0.15) is 20.8 Å². The second kappa shape index (κ2) is 5.21. The summed E-state index contributed by atoms with van der Waals surface area (Å²) in [6.07, 6.45) is 0. The van der Waals surface area contributed by atoms with Crippen molar-refractivity contribution in [2.45, 2.75) is 27.3 Å². The molecule has 0 radical (unpaired) electrons. The van der Waals surface area contributed by atoms with Crippen LogP contribution >= 0.6 is 0 Å². The summed E-state index contributed by atoms with van der Waals surface area (Å²) in [6.45, 7) is 9.08. The van der Waals surface area contributed by atoms with Gasteiger partial charge in [-0.2, -0.15) is 0 Å². The van der Waals surface area contributed by atoms with Crippen LogP contribution in [0.3, 0.4) is 0 Å². The standard InChI is InChI=1S/C15H24N4/c1-15(2,3)11-18(4)14-17-12-7-5-6-8-13(12)19(14)10-9-16/h5-8H,9-11,16H2,1-4H3. The molecular formula is C15H24N4. The Kier molecular flexibility index (Phi) is 3.80. The maximum absolute atomic E-state index is 5.74. The number of benzene rings is 1. The SMILES string of the molecule is CN(CC(C)(C)C)c1nc2ccccc2n1CCN. The number of rotatable bonds is 4. The molecule has 0 atom stereocenters. The summed E-state index contributed by atoms with van der Waals surface area (Å²) in [4.78, 5) is 6.97. The number of hydrogen-bond donors (Lipinski definition) is 1. The highest BCUT2D eigenvalue weighted by Crippen LogP contribution is 2.24. The normalized spacial score (nSPS) is 12.1. The monoisotopic (exact) mass is 260 g/mol. The highest BCUT2D eigenvalue weighted by molar-refractivity contribution is 5.78. The third-order valence-corrected chi connectivity index (χ3v) is 3.04. The summed E-state index contributed by atoms with van der Waals surface area (Å²) in [5.41, 5.74) is 8.17. The van der Waals surface area contributed by atoms with E-state index in [-0.39, 0.29) is 5.41 Å². The Bertz CT molecular complexity index is 551. The average Bonchev–Trinajstić information content (AvgIpc) is 2.67. The van der Waals surface area contributed by atoms with Crippen LogP contribution in [0.15, 0.2) is 24.3 Å². The Balaban J connectivity index is 2.43. The Morgan fingerprint density at radius 2 is 1.95 bits per heavy atom. The number of nitrogens with zero attached hydrogens (tertiary/aromatic N) is 3. The zero-order valence-electron chi connectivity index (χ0n) is 12.3. The van der Waals surface area contributed by atoms with E-state index in [1.54, 1.807) is 0 Å². The van der Waals surface area contributed by atoms with Crippen LogP contribution in [0.25, 0.3) is 11.0 Å². The van der Waals surface area contributed by atoms with Gasteiger partial charge in [0.25, 0.3) is 0 Å². The van der Waals surface area contributed by atoms with Crippen LogP contribution in [0.4, 0.5) is 5.95 Å². The summed E-state index contributed by atoms with van der Waals surface area (Å²) in [5, 5.41) is 0. The van der Waals surface area contributed by atoms with Gasteiger partial charge in [-0.1, -0.05) is 32.9 Å². The first-order valence-electron chi connectivity index (χ1n) is 6.79. The molecule has 0 amide bonds. The molecule has 1 aromatic heterocycles. The van der Waals surface area contributed by atoms with E-state index >= 15 is 0 Å². The number of hydrogen-bond acceptors (Lipinski definition) is 3. The van der Waals surface area contributed by atoms with Gasteiger partial charge in [-0.3, -0.25) is 0 Å². The first kappa shape index (κ1) is 13.9. The number of imidazole rings is 1. The summed E-state index contributed by atoms with van der Waals surface area (Å²) in [5.74, 6) is 1.00. The molecule has 104 valence electrons. The minimum atomic E-state index is 0.237. The van der Waals surface area contributed by atoms with Gasteiger partial charge in [0, 0.05) is 26.7 Å². The summed E-state index contributed by atoms with van der Waals surface area (Å²) in [6, 6.07) is 8.23. The van der Waals surface area contributed by atoms with E-state index in [4.69, 9.17) is 10.7 Å². The van der Waals surface area contributed by atoms with Crippen molar-refractivity contribution in [3.8, 4) is 0 Å². The lowest BCUT2D eigenvalue weighted by atomic mass is 9.96. The first-order chi connectivity index (χ1) is 8.92. The van der Waals surface area contributed by atoms with Crippen molar-refractivity contribution in [2.75, 3.05) is 25.0 Å². The molecule has 0 spiro atoms. The first-order valence-corrected chi connectivity index (χ1v) is 6.79. The van der Waals surface area contributed by atoms with E-state index in [2.05, 4.69) is 49.4 Å². The van der Waals surface area contributed by atoms with Gasteiger partial charge in [0.2, 0.25) is 5.95 Å². The van der Waals surface area contributed by atoms with Crippen molar-refractivity contribution in [1.29, 1.82) is 0 Å². The Morgan fingerprint density at radius 1 is 1.26 bits per heavy atom. The second-order valence-corrected chi connectivity index (χ2v) is 6.26. The van der Waals surface area contributed by atoms with Gasteiger partial charge in [0.05, 0.1) is 11.0 Å². The number of nitrogens with two attached hydrogens (primary N) is 1. The van der Waals surface area contributed by atoms with Gasteiger partial charge in [0.15, 0.2) is 0 Å². The highest BCUT2D eigenvalue weighted by Gasteiger charge is 2.19. The lowest BCUT2D eigenvalue weighted by Crippen LogP contribution is -2.31. The molecule has 0 aliphatic carbocycles. The Morgan fingerprint density at radius 3 is 2.58 bits per heavy atom. The molecule has 0 fully saturated rings. The molecule has 0 aliphatic rings. The van der Waals surface area contributed by atoms with E-state index < -0.39 is 0 Å². The molecule has 2 rings (SSSR count). The molecule has 0 bridgehead atoms. The minimum absolute atomic E-state index is 0.237. The number of fused-ring (bicyclic) bond motifs is 1. The summed E-state index contributed by atoms with van der Waals surface area (Å²) >= 11 is 0. The van der Waals surface area contributed by atoms with E-state index in [0.717, 1.165) is 30.1 Å². The fourth-order valence-electron chi connectivity index (χ4n) is 2.49. The zero-order chi connectivity index (χ0) is 14.0. The molecule has 4 nitrogen and oxygen atoms in total. The molecule has 2 N–H and O–H groups in total. The van der Waals surface area contributed by atoms with Crippen molar-refractivity contribution >= 4 is 17.0 Å². The molecule has 1 aromatic carbocycles.